The van der Waals surface area contributed by atoms with Crippen molar-refractivity contribution in [3.05, 3.63) is 60.7 Å². The van der Waals surface area contributed by atoms with Gasteiger partial charge in [-0.3, -0.25) is 4.18 Å². The van der Waals surface area contributed by atoms with Gasteiger partial charge >= 0.3 is 11.9 Å². The lowest BCUT2D eigenvalue weighted by Crippen LogP contribution is -3.00. The fraction of sp³-hybridized carbons (Fsp3) is 0.690. The van der Waals surface area contributed by atoms with Crippen LogP contribution in [0.3, 0.4) is 0 Å². The molecule has 556 valence electrons. The second-order valence-corrected chi connectivity index (χ2v) is 30.9. The van der Waals surface area contributed by atoms with Crippen LogP contribution in [0, 0.1) is 24.7 Å². The van der Waals surface area contributed by atoms with E-state index >= 15 is 0 Å². The number of carbonyl (C=O) groups is 2. The molecule has 6 aromatic rings. The molecule has 2 spiro atoms. The number of esters is 2. The van der Waals surface area contributed by atoms with Crippen LogP contribution in [0.5, 0.6) is 0 Å². The summed E-state index contributed by atoms with van der Waals surface area (Å²) in [7, 11) is -3.37. The maximum Gasteiger partial charge on any atom is 0.332 e. The number of aromatic nitrogens is 10. The summed E-state index contributed by atoms with van der Waals surface area (Å²) in [5, 5.41) is 9.22. The molecule has 4 aliphatic heterocycles. The number of nitrogens with zero attached hydrogens (tertiary/aromatic N) is 13. The minimum absolute atomic E-state index is 0. The zero-order chi connectivity index (χ0) is 71.2. The molecule has 0 radical (unpaired) electrons. The Morgan fingerprint density at radius 3 is 1.34 bits per heavy atom. The highest BCUT2D eigenvalue weighted by Gasteiger charge is 2.39. The quantitative estimate of drug-likeness (QED) is 0.0253. The minimum Gasteiger partial charge on any atom is -1.00 e. The van der Waals surface area contributed by atoms with Crippen LogP contribution in [0.2, 0.25) is 0 Å². The molecular weight excluding hydrogens is 1320 g/mol. The average Bonchev–Trinajstić information content (AvgIpc) is 1.56. The molecule has 4 saturated heterocycles. The highest BCUT2D eigenvalue weighted by molar-refractivity contribution is 7.86. The van der Waals surface area contributed by atoms with Crippen LogP contribution in [-0.4, -0.2) is 210 Å². The van der Waals surface area contributed by atoms with E-state index in [0.717, 1.165) is 140 Å². The first-order valence-corrected chi connectivity index (χ1v) is 37.5. The Hall–Kier alpha value is -6.50. The van der Waals surface area contributed by atoms with Crippen LogP contribution in [0.1, 0.15) is 170 Å². The zero-order valence-corrected chi connectivity index (χ0v) is 63.2. The molecule has 6 aromatic heterocycles. The summed E-state index contributed by atoms with van der Waals surface area (Å²) in [5.74, 6) is 5.92. The standard InChI is InChI=1S/C35H54N8O4.C23H32N8.C13H26O7S.ClH/c1-26(2)43-27(3)38-28-24-37-31(23-29(28)43)39-30-9-14-36-33(40-30)42-18-12-35(13-19-42)10-16-41(17-11-35)15-7-20-45-21-8-22-46-25-32(44)47-34(4,5)6;1-16(2)31-17(3)27-18-15-26-21(14-19(18)31)28-20-4-9-25-22(29-20)30-12-7-23(8-13-30)5-10-24-11-6-23;1-13(2,3)20-12(14)11-18-9-5-7-17-8-6-10-19-21(4,15)16;/h9,14,23-24,26H,7-8,10-13,15-22,25H2,1-6H3,(H,36,37,39,40);4,9,14-16,24H,5-8,10-13H2,1-3H3,(H,25,26,28,29);5-11H2,1-4H3;1H. The average molecular weight is 1430 g/mol. The fourth-order valence-corrected chi connectivity index (χ4v) is 13.7. The van der Waals surface area contributed by atoms with Gasteiger partial charge in [0.2, 0.25) is 11.9 Å². The number of imidazole rings is 2. The number of ether oxygens (including phenoxy) is 6. The van der Waals surface area contributed by atoms with Crippen LogP contribution >= 0.6 is 0 Å². The topological polar surface area (TPSA) is 296 Å². The van der Waals surface area contributed by atoms with E-state index in [-0.39, 0.29) is 44.2 Å². The Labute approximate surface area is 598 Å². The molecule has 10 rings (SSSR count). The van der Waals surface area contributed by atoms with E-state index in [1.54, 1.807) is 20.8 Å². The van der Waals surface area contributed by atoms with E-state index < -0.39 is 21.3 Å². The molecule has 0 bridgehead atoms. The van der Waals surface area contributed by atoms with Gasteiger partial charge in [-0.15, -0.1) is 0 Å². The predicted octanol–water partition coefficient (Wildman–Crippen LogP) is 6.61. The molecular formula is C71H113ClN16O11S. The van der Waals surface area contributed by atoms with Gasteiger partial charge in [0.25, 0.3) is 10.1 Å². The highest BCUT2D eigenvalue weighted by atomic mass is 35.5. The number of likely N-dealkylation sites (tertiary alicyclic amines) is 1. The summed E-state index contributed by atoms with van der Waals surface area (Å²) in [6.45, 7) is 36.9. The van der Waals surface area contributed by atoms with Crippen LogP contribution < -0.4 is 38.2 Å². The second kappa shape index (κ2) is 38.1. The first-order chi connectivity index (χ1) is 47.1. The Bertz CT molecular complexity index is 3600. The van der Waals surface area contributed by atoms with E-state index in [1.165, 1.54) is 64.5 Å². The zero-order valence-electron chi connectivity index (χ0n) is 61.7. The summed E-state index contributed by atoms with van der Waals surface area (Å²) in [6.07, 6.45) is 21.4. The van der Waals surface area contributed by atoms with Crippen LogP contribution in [-0.2, 0) is 52.3 Å². The van der Waals surface area contributed by atoms with Gasteiger partial charge in [-0.2, -0.15) is 18.4 Å². The number of piperidine rings is 4. The number of hydrogen-bond acceptors (Lipinski definition) is 24. The minimum atomic E-state index is -3.37. The Morgan fingerprint density at radius 1 is 0.540 bits per heavy atom. The summed E-state index contributed by atoms with van der Waals surface area (Å²) >= 11 is 0. The summed E-state index contributed by atoms with van der Waals surface area (Å²) in [5.41, 5.74) is 3.98. The summed E-state index contributed by atoms with van der Waals surface area (Å²) in [6, 6.07) is 8.57. The van der Waals surface area contributed by atoms with Crippen LogP contribution in [0.15, 0.2) is 49.1 Å². The number of rotatable bonds is 29. The number of hydrogen-bond donors (Lipinski definition) is 3. The third-order valence-electron chi connectivity index (χ3n) is 18.2. The van der Waals surface area contributed by atoms with Crippen molar-refractivity contribution in [1.82, 2.24) is 53.9 Å². The van der Waals surface area contributed by atoms with Gasteiger partial charge in [-0.25, -0.2) is 39.5 Å². The van der Waals surface area contributed by atoms with Crippen molar-refractivity contribution in [3.8, 4) is 0 Å². The third-order valence-corrected chi connectivity index (χ3v) is 18.7. The molecule has 0 unspecified atom stereocenters. The van der Waals surface area contributed by atoms with Gasteiger partial charge in [0.05, 0.1) is 49.4 Å². The Balaban J connectivity index is 0.000000228. The SMILES string of the molecule is CC(C)(C)OC(=O)COCCCOCCCOS(C)(=O)=O.Cc1nc2cnc(Nc3ccnc(N4CCC5(CCN(CCCOCCCOCC(=O)OC(C)(C)C)CC5)CC4)n3)cc2n1C(C)C.Cc1nc2cnc(Nc3ccnc(N4CCC5(CC[NH2+]CC5)CC4)n3)cc2n1C(C)C.[Cl-]. The van der Waals surface area contributed by atoms with E-state index in [0.29, 0.717) is 68.8 Å². The molecule has 4 N–H and O–H groups in total. The lowest BCUT2D eigenvalue weighted by Gasteiger charge is -2.47. The molecule has 100 heavy (non-hydrogen) atoms. The lowest BCUT2D eigenvalue weighted by molar-refractivity contribution is -0.668. The third kappa shape index (κ3) is 26.1. The van der Waals surface area contributed by atoms with E-state index in [2.05, 4.69) is 114 Å². The molecule has 27 nitrogen and oxygen atoms in total. The number of aryl methyl sites for hydroxylation is 2. The monoisotopic (exact) mass is 1430 g/mol. The number of nitrogens with two attached hydrogens (primary N) is 1. The highest BCUT2D eigenvalue weighted by Crippen LogP contribution is 2.42. The first-order valence-electron chi connectivity index (χ1n) is 35.7. The molecule has 4 fully saturated rings. The lowest BCUT2D eigenvalue weighted by atomic mass is 9.71. The van der Waals surface area contributed by atoms with Crippen LogP contribution in [0.4, 0.5) is 35.2 Å². The molecule has 4 aliphatic rings. The van der Waals surface area contributed by atoms with Crippen molar-refractivity contribution in [2.75, 3.05) is 145 Å². The molecule has 0 aromatic carbocycles. The van der Waals surface area contributed by atoms with Crippen molar-refractivity contribution in [2.45, 2.75) is 183 Å². The Kier molecular flexibility index (Phi) is 30.8. The van der Waals surface area contributed by atoms with Crippen molar-refractivity contribution >= 4 is 79.3 Å². The van der Waals surface area contributed by atoms with Gasteiger partial charge in [0.1, 0.15) is 70.4 Å². The number of anilines is 6. The van der Waals surface area contributed by atoms with Gasteiger partial charge < -0.3 is 80.6 Å². The largest absolute Gasteiger partial charge is 1.00 e. The maximum absolute atomic E-state index is 11.7. The van der Waals surface area contributed by atoms with Crippen LogP contribution in [0.25, 0.3) is 22.1 Å². The maximum atomic E-state index is 11.7. The summed E-state index contributed by atoms with van der Waals surface area (Å²) < 4.78 is 62.3. The summed E-state index contributed by atoms with van der Waals surface area (Å²) in [4.78, 5) is 67.5. The van der Waals surface area contributed by atoms with E-state index in [9.17, 15) is 18.0 Å². The van der Waals surface area contributed by atoms with Crippen molar-refractivity contribution in [1.29, 1.82) is 0 Å². The van der Waals surface area contributed by atoms with Gasteiger partial charge in [0.15, 0.2) is 0 Å². The first kappa shape index (κ1) is 80.8. The van der Waals surface area contributed by atoms with Crippen molar-refractivity contribution in [3.63, 3.8) is 0 Å². The molecule has 0 amide bonds. The number of halogens is 1. The number of fused-ring (bicyclic) bond motifs is 2. The number of carbonyl (C=O) groups excluding carboxylic acids is 2. The van der Waals surface area contributed by atoms with Gasteiger partial charge in [0, 0.05) is 122 Å². The molecule has 0 aliphatic carbocycles. The number of quaternary nitrogens is 1. The van der Waals surface area contributed by atoms with E-state index in [4.69, 9.17) is 38.4 Å². The smallest absolute Gasteiger partial charge is 0.332 e. The van der Waals surface area contributed by atoms with Crippen molar-refractivity contribution in [2.24, 2.45) is 10.8 Å². The number of pyridine rings is 2. The molecule has 10 heterocycles. The number of nitrogens with one attached hydrogen (secondary N) is 2. The molecule has 0 saturated carbocycles. The van der Waals surface area contributed by atoms with Crippen molar-refractivity contribution < 1.29 is 68.3 Å². The predicted molar refractivity (Wildman–Crippen MR) is 384 cm³/mol. The molecule has 0 atom stereocenters. The molecule has 29 heteroatoms. The fourth-order valence-electron chi connectivity index (χ4n) is 13.3. The Morgan fingerprint density at radius 2 is 0.930 bits per heavy atom. The van der Waals surface area contributed by atoms with Gasteiger partial charge in [-0.05, 0) is 183 Å². The second-order valence-electron chi connectivity index (χ2n) is 29.2. The van der Waals surface area contributed by atoms with Gasteiger partial charge in [-0.1, -0.05) is 0 Å². The normalized spacial score (nSPS) is 16.5. The van der Waals surface area contributed by atoms with E-state index in [1.807, 2.05) is 71.5 Å².